The zero-order chi connectivity index (χ0) is 22.9. The number of carbonyl (C=O) groups is 1. The third-order valence-electron chi connectivity index (χ3n) is 5.20. The quantitative estimate of drug-likeness (QED) is 0.501. The summed E-state index contributed by atoms with van der Waals surface area (Å²) in [5.41, 5.74) is 2.01. The third kappa shape index (κ3) is 4.40. The molecule has 0 aliphatic carbocycles. The number of sulfone groups is 1. The Morgan fingerprint density at radius 1 is 1.03 bits per heavy atom. The van der Waals surface area contributed by atoms with Crippen LogP contribution in [0.1, 0.15) is 42.3 Å². The fraction of sp³-hybridized carbons (Fsp3) is 0.208. The van der Waals surface area contributed by atoms with Crippen LogP contribution in [-0.2, 0) is 21.8 Å². The second kappa shape index (κ2) is 8.20. The van der Waals surface area contributed by atoms with Gasteiger partial charge in [0.05, 0.1) is 15.4 Å². The minimum absolute atomic E-state index is 0.147. The van der Waals surface area contributed by atoms with Gasteiger partial charge in [-0.15, -0.1) is 0 Å². The Kier molecular flexibility index (Phi) is 5.56. The first-order chi connectivity index (χ1) is 15.1. The van der Waals surface area contributed by atoms with Crippen molar-refractivity contribution in [3.8, 4) is 0 Å². The first-order valence-corrected chi connectivity index (χ1v) is 11.6. The van der Waals surface area contributed by atoms with Crippen molar-refractivity contribution < 1.29 is 13.2 Å². The Bertz CT molecular complexity index is 1380. The molecule has 7 nitrogen and oxygen atoms in total. The first kappa shape index (κ1) is 21.7. The minimum atomic E-state index is -3.63. The Morgan fingerprint density at radius 2 is 1.78 bits per heavy atom. The van der Waals surface area contributed by atoms with Crippen molar-refractivity contribution in [2.45, 2.75) is 42.5 Å². The molecule has 4 rings (SSSR count). The van der Waals surface area contributed by atoms with E-state index >= 15 is 0 Å². The summed E-state index contributed by atoms with van der Waals surface area (Å²) in [7, 11) is -3.63. The lowest BCUT2D eigenvalue weighted by Gasteiger charge is -2.19. The molecular formula is C24H24N4O3S. The highest BCUT2D eigenvalue weighted by molar-refractivity contribution is 7.91. The van der Waals surface area contributed by atoms with Crippen LogP contribution in [0.15, 0.2) is 83.1 Å². The molecule has 2 aromatic heterocycles. The fourth-order valence-corrected chi connectivity index (χ4v) is 4.58. The van der Waals surface area contributed by atoms with Crippen LogP contribution in [-0.4, -0.2) is 28.7 Å². The van der Waals surface area contributed by atoms with Gasteiger partial charge in [-0.1, -0.05) is 45.0 Å². The molecule has 0 radical (unpaired) electrons. The molecule has 0 saturated heterocycles. The maximum Gasteiger partial charge on any atom is 0.254 e. The average Bonchev–Trinajstić information content (AvgIpc) is 3.25. The van der Waals surface area contributed by atoms with Crippen molar-refractivity contribution in [3.63, 3.8) is 0 Å². The summed E-state index contributed by atoms with van der Waals surface area (Å²) in [5.74, 6) is 0.246. The second-order valence-corrected chi connectivity index (χ2v) is 10.5. The van der Waals surface area contributed by atoms with Crippen molar-refractivity contribution in [2.75, 3.05) is 0 Å². The lowest BCUT2D eigenvalue weighted by Crippen LogP contribution is -2.23. The number of aromatic nitrogens is 3. The van der Waals surface area contributed by atoms with E-state index in [2.05, 4.69) is 15.3 Å². The van der Waals surface area contributed by atoms with Crippen LogP contribution in [0.25, 0.3) is 5.78 Å². The van der Waals surface area contributed by atoms with E-state index in [4.69, 9.17) is 0 Å². The first-order valence-electron chi connectivity index (χ1n) is 10.2. The number of imidazole rings is 1. The number of rotatable bonds is 5. The normalized spacial score (nSPS) is 12.1. The number of carbonyl (C=O) groups excluding carboxylic acids is 1. The molecule has 2 aromatic carbocycles. The number of hydrogen-bond acceptors (Lipinski definition) is 5. The van der Waals surface area contributed by atoms with E-state index < -0.39 is 9.84 Å². The standard InChI is InChI=1S/C24H24N4O3S/c1-24(2,3)19-5-4-6-21(13-19)32(30,31)20-9-7-17(8-10-20)14-26-22(29)18-15-27-23-25-11-12-28(23)16-18/h4-13,15-16H,14H2,1-3H3,(H,26,29). The maximum absolute atomic E-state index is 13.1. The van der Waals surface area contributed by atoms with Crippen LogP contribution in [0.4, 0.5) is 0 Å². The van der Waals surface area contributed by atoms with E-state index in [1.54, 1.807) is 65.5 Å². The number of nitrogens with one attached hydrogen (secondary N) is 1. The molecule has 0 atom stereocenters. The molecule has 164 valence electrons. The van der Waals surface area contributed by atoms with Crippen molar-refractivity contribution >= 4 is 21.5 Å². The Balaban J connectivity index is 1.47. The van der Waals surface area contributed by atoms with Crippen LogP contribution in [0.5, 0.6) is 0 Å². The SMILES string of the molecule is CC(C)(C)c1cccc(S(=O)(=O)c2ccc(CNC(=O)c3cnc4nccn4c3)cc2)c1. The van der Waals surface area contributed by atoms with Crippen LogP contribution < -0.4 is 5.32 Å². The van der Waals surface area contributed by atoms with Gasteiger partial charge < -0.3 is 5.32 Å². The van der Waals surface area contributed by atoms with Crippen LogP contribution in [0, 0.1) is 0 Å². The highest BCUT2D eigenvalue weighted by atomic mass is 32.2. The topological polar surface area (TPSA) is 93.4 Å². The summed E-state index contributed by atoms with van der Waals surface area (Å²) in [4.78, 5) is 21.1. The molecule has 2 heterocycles. The highest BCUT2D eigenvalue weighted by Gasteiger charge is 2.21. The predicted octanol–water partition coefficient (Wildman–Crippen LogP) is 3.79. The summed E-state index contributed by atoms with van der Waals surface area (Å²) >= 11 is 0. The zero-order valence-electron chi connectivity index (χ0n) is 18.1. The van der Waals surface area contributed by atoms with Gasteiger partial charge in [0.15, 0.2) is 0 Å². The summed E-state index contributed by atoms with van der Waals surface area (Å²) in [5, 5.41) is 2.82. The molecular weight excluding hydrogens is 424 g/mol. The molecule has 0 bridgehead atoms. The van der Waals surface area contributed by atoms with Gasteiger partial charge in [0.2, 0.25) is 15.6 Å². The van der Waals surface area contributed by atoms with E-state index in [-0.39, 0.29) is 27.7 Å². The smallest absolute Gasteiger partial charge is 0.254 e. The molecule has 4 aromatic rings. The van der Waals surface area contributed by atoms with E-state index in [0.717, 1.165) is 11.1 Å². The monoisotopic (exact) mass is 448 g/mol. The van der Waals surface area contributed by atoms with E-state index in [1.165, 1.54) is 6.20 Å². The van der Waals surface area contributed by atoms with Gasteiger partial charge in [-0.3, -0.25) is 9.20 Å². The zero-order valence-corrected chi connectivity index (χ0v) is 18.9. The van der Waals surface area contributed by atoms with Gasteiger partial charge >= 0.3 is 0 Å². The summed E-state index contributed by atoms with van der Waals surface area (Å²) in [6, 6.07) is 13.6. The number of benzene rings is 2. The van der Waals surface area contributed by atoms with Gasteiger partial charge in [0.25, 0.3) is 5.91 Å². The number of nitrogens with zero attached hydrogens (tertiary/aromatic N) is 3. The highest BCUT2D eigenvalue weighted by Crippen LogP contribution is 2.27. The largest absolute Gasteiger partial charge is 0.348 e. The van der Waals surface area contributed by atoms with E-state index in [0.29, 0.717) is 11.3 Å². The summed E-state index contributed by atoms with van der Waals surface area (Å²) in [6.45, 7) is 6.41. The van der Waals surface area contributed by atoms with Gasteiger partial charge in [-0.25, -0.2) is 18.4 Å². The Labute approximate surface area is 187 Å². The molecule has 32 heavy (non-hydrogen) atoms. The molecule has 0 spiro atoms. The van der Waals surface area contributed by atoms with Crippen LogP contribution in [0.2, 0.25) is 0 Å². The van der Waals surface area contributed by atoms with Crippen molar-refractivity contribution in [3.05, 3.63) is 90.0 Å². The van der Waals surface area contributed by atoms with Gasteiger partial charge in [0.1, 0.15) is 0 Å². The molecule has 0 aliphatic heterocycles. The molecule has 0 saturated carbocycles. The Morgan fingerprint density at radius 3 is 2.50 bits per heavy atom. The van der Waals surface area contributed by atoms with E-state index in [1.807, 2.05) is 26.8 Å². The minimum Gasteiger partial charge on any atom is -0.348 e. The average molecular weight is 449 g/mol. The molecule has 8 heteroatoms. The summed E-state index contributed by atoms with van der Waals surface area (Å²) in [6.07, 6.45) is 6.46. The van der Waals surface area contributed by atoms with Crippen LogP contribution >= 0.6 is 0 Å². The molecule has 1 N–H and O–H groups in total. The Hall–Kier alpha value is -3.52. The summed E-state index contributed by atoms with van der Waals surface area (Å²) < 4.78 is 27.8. The van der Waals surface area contributed by atoms with Gasteiger partial charge in [-0.05, 0) is 40.8 Å². The third-order valence-corrected chi connectivity index (χ3v) is 6.97. The lowest BCUT2D eigenvalue weighted by molar-refractivity contribution is 0.0950. The molecule has 0 fully saturated rings. The van der Waals surface area contributed by atoms with Gasteiger partial charge in [0, 0.05) is 31.3 Å². The van der Waals surface area contributed by atoms with Crippen molar-refractivity contribution in [1.82, 2.24) is 19.7 Å². The van der Waals surface area contributed by atoms with Gasteiger partial charge in [-0.2, -0.15) is 0 Å². The number of hydrogen-bond donors (Lipinski definition) is 1. The maximum atomic E-state index is 13.1. The lowest BCUT2D eigenvalue weighted by atomic mass is 9.87. The van der Waals surface area contributed by atoms with Crippen LogP contribution in [0.3, 0.4) is 0 Å². The fourth-order valence-electron chi connectivity index (χ4n) is 3.27. The van der Waals surface area contributed by atoms with Crippen molar-refractivity contribution in [2.24, 2.45) is 0 Å². The second-order valence-electron chi connectivity index (χ2n) is 8.59. The molecule has 1 amide bonds. The number of fused-ring (bicyclic) bond motifs is 1. The molecule has 0 unspecified atom stereocenters. The van der Waals surface area contributed by atoms with Crippen molar-refractivity contribution in [1.29, 1.82) is 0 Å². The predicted molar refractivity (Wildman–Crippen MR) is 121 cm³/mol. The number of amides is 1. The van der Waals surface area contributed by atoms with E-state index in [9.17, 15) is 13.2 Å². The molecule has 0 aliphatic rings.